The van der Waals surface area contributed by atoms with Crippen LogP contribution in [0.5, 0.6) is 0 Å². The molecular weight excluding hydrogens is 366 g/mol. The molecule has 0 unspecified atom stereocenters. The molecule has 0 bridgehead atoms. The van der Waals surface area contributed by atoms with E-state index in [1.165, 1.54) is 18.0 Å². The van der Waals surface area contributed by atoms with Gasteiger partial charge in [0, 0.05) is 13.2 Å². The molecule has 0 aliphatic carbocycles. The fourth-order valence-corrected chi connectivity index (χ4v) is 2.78. The second-order valence-electron chi connectivity index (χ2n) is 5.05. The normalized spacial score (nSPS) is 11.8. The van der Waals surface area contributed by atoms with Gasteiger partial charge in [-0.2, -0.15) is 0 Å². The van der Waals surface area contributed by atoms with Crippen molar-refractivity contribution >= 4 is 41.1 Å². The zero-order valence-corrected chi connectivity index (χ0v) is 15.6. The van der Waals surface area contributed by atoms with Gasteiger partial charge in [-0.15, -0.1) is 10.2 Å². The molecule has 0 aliphatic rings. The first-order valence-corrected chi connectivity index (χ1v) is 8.79. The van der Waals surface area contributed by atoms with Crippen molar-refractivity contribution in [3.63, 3.8) is 0 Å². The number of halogens is 1. The van der Waals surface area contributed by atoms with Crippen molar-refractivity contribution < 1.29 is 14.3 Å². The highest BCUT2D eigenvalue weighted by Crippen LogP contribution is 2.22. The summed E-state index contributed by atoms with van der Waals surface area (Å²) < 4.78 is 6.57. The minimum Gasteiger partial charge on any atom is -0.466 e. The summed E-state index contributed by atoms with van der Waals surface area (Å²) >= 11 is 7.00. The molecule has 0 saturated heterocycles. The molecule has 0 fully saturated rings. The van der Waals surface area contributed by atoms with Crippen molar-refractivity contribution in [2.24, 2.45) is 7.05 Å². The summed E-state index contributed by atoms with van der Waals surface area (Å²) in [7, 11) is 1.74. The number of rotatable bonds is 7. The third kappa shape index (κ3) is 5.43. The first-order valence-electron chi connectivity index (χ1n) is 7.53. The minimum absolute atomic E-state index is 0.0349. The van der Waals surface area contributed by atoms with Gasteiger partial charge in [0.15, 0.2) is 5.16 Å². The van der Waals surface area contributed by atoms with E-state index in [0.717, 1.165) is 0 Å². The maximum Gasteiger partial charge on any atom is 0.313 e. The van der Waals surface area contributed by atoms with Gasteiger partial charge in [0.1, 0.15) is 18.1 Å². The van der Waals surface area contributed by atoms with Gasteiger partial charge in [-0.1, -0.05) is 23.4 Å². The first-order chi connectivity index (χ1) is 11.9. The number of hydrogen-bond acceptors (Lipinski definition) is 7. The predicted molar refractivity (Wildman–Crippen MR) is 94.5 cm³/mol. The van der Waals surface area contributed by atoms with Crippen LogP contribution < -0.4 is 5.32 Å². The molecule has 0 radical (unpaired) electrons. The lowest BCUT2D eigenvalue weighted by Gasteiger charge is -2.11. The molecule has 10 heteroatoms. The van der Waals surface area contributed by atoms with Crippen LogP contribution in [-0.2, 0) is 27.8 Å². The van der Waals surface area contributed by atoms with Crippen molar-refractivity contribution in [1.82, 2.24) is 19.7 Å². The number of ether oxygens (including phenoxy) is 1. The fraction of sp³-hybridized carbons (Fsp3) is 0.400. The van der Waals surface area contributed by atoms with Crippen LogP contribution in [0.15, 0.2) is 23.5 Å². The molecular formula is C15H18ClN5O3S. The number of carbonyl (C=O) groups excluding carboxylic acids is 2. The average Bonchev–Trinajstić information content (AvgIpc) is 2.90. The molecule has 0 saturated carbocycles. The van der Waals surface area contributed by atoms with Crippen molar-refractivity contribution in [3.05, 3.63) is 29.2 Å². The summed E-state index contributed by atoms with van der Waals surface area (Å²) in [6, 6.07) is 3.27. The quantitative estimate of drug-likeness (QED) is 0.577. The summed E-state index contributed by atoms with van der Waals surface area (Å²) in [4.78, 5) is 27.8. The number of amides is 1. The molecule has 25 heavy (non-hydrogen) atoms. The van der Waals surface area contributed by atoms with Crippen LogP contribution in [0.25, 0.3) is 0 Å². The van der Waals surface area contributed by atoms with Gasteiger partial charge in [-0.05, 0) is 26.0 Å². The third-order valence-corrected chi connectivity index (χ3v) is 4.52. The Labute approximate surface area is 154 Å². The van der Waals surface area contributed by atoms with Crippen molar-refractivity contribution in [2.75, 3.05) is 11.9 Å². The van der Waals surface area contributed by atoms with E-state index < -0.39 is 5.25 Å². The minimum atomic E-state index is -0.434. The lowest BCUT2D eigenvalue weighted by molar-refractivity contribution is -0.142. The molecule has 134 valence electrons. The number of hydrogen-bond donors (Lipinski definition) is 1. The lowest BCUT2D eigenvalue weighted by Crippen LogP contribution is -2.23. The summed E-state index contributed by atoms with van der Waals surface area (Å²) in [6.45, 7) is 3.80. The Bertz CT molecular complexity index is 750. The van der Waals surface area contributed by atoms with Gasteiger partial charge in [0.05, 0.1) is 16.9 Å². The number of anilines is 1. The van der Waals surface area contributed by atoms with Gasteiger partial charge in [-0.25, -0.2) is 4.98 Å². The van der Waals surface area contributed by atoms with E-state index in [1.54, 1.807) is 37.6 Å². The van der Waals surface area contributed by atoms with E-state index in [9.17, 15) is 9.59 Å². The second kappa shape index (κ2) is 8.82. The molecule has 1 atom stereocenters. The fourth-order valence-electron chi connectivity index (χ4n) is 1.83. The number of pyridine rings is 1. The van der Waals surface area contributed by atoms with E-state index in [0.29, 0.717) is 28.4 Å². The molecule has 1 N–H and O–H groups in total. The third-order valence-electron chi connectivity index (χ3n) is 3.16. The van der Waals surface area contributed by atoms with Crippen LogP contribution in [0.4, 0.5) is 5.82 Å². The van der Waals surface area contributed by atoms with Crippen LogP contribution in [0.2, 0.25) is 5.02 Å². The highest BCUT2D eigenvalue weighted by atomic mass is 35.5. The van der Waals surface area contributed by atoms with Crippen LogP contribution in [0.1, 0.15) is 19.7 Å². The molecule has 0 spiro atoms. The Morgan fingerprint density at radius 1 is 1.40 bits per heavy atom. The standard InChI is InChI=1S/C15H18ClN5O3S/c1-4-24-13(22)7-12-19-20-15(21(12)3)25-9(2)14(23)18-11-6-5-10(16)8-17-11/h5-6,8-9H,4,7H2,1-3H3,(H,17,18,23)/t9-/m1/s1. The van der Waals surface area contributed by atoms with Crippen molar-refractivity contribution in [1.29, 1.82) is 0 Å². The molecule has 1 amide bonds. The van der Waals surface area contributed by atoms with Crippen LogP contribution in [-0.4, -0.2) is 43.5 Å². The Hall–Kier alpha value is -2.13. The van der Waals surface area contributed by atoms with Crippen molar-refractivity contribution in [2.45, 2.75) is 30.7 Å². The number of nitrogens with one attached hydrogen (secondary N) is 1. The van der Waals surface area contributed by atoms with Crippen LogP contribution >= 0.6 is 23.4 Å². The molecule has 2 aromatic heterocycles. The van der Waals surface area contributed by atoms with E-state index in [2.05, 4.69) is 20.5 Å². The lowest BCUT2D eigenvalue weighted by atomic mass is 10.4. The van der Waals surface area contributed by atoms with Gasteiger partial charge in [-0.3, -0.25) is 9.59 Å². The highest BCUT2D eigenvalue weighted by Gasteiger charge is 2.20. The zero-order chi connectivity index (χ0) is 18.4. The van der Waals surface area contributed by atoms with Crippen LogP contribution in [0.3, 0.4) is 0 Å². The summed E-state index contributed by atoms with van der Waals surface area (Å²) in [5.74, 6) is 0.305. The molecule has 0 aliphatic heterocycles. The molecule has 0 aromatic carbocycles. The maximum atomic E-state index is 12.2. The number of nitrogens with zero attached hydrogens (tertiary/aromatic N) is 4. The van der Waals surface area contributed by atoms with E-state index in [4.69, 9.17) is 16.3 Å². The van der Waals surface area contributed by atoms with Gasteiger partial charge in [0.25, 0.3) is 0 Å². The number of esters is 1. The predicted octanol–water partition coefficient (Wildman–Crippen LogP) is 2.09. The Kier molecular flexibility index (Phi) is 6.77. The summed E-state index contributed by atoms with van der Waals surface area (Å²) in [5, 5.41) is 11.3. The van der Waals surface area contributed by atoms with E-state index in [-0.39, 0.29) is 18.3 Å². The average molecular weight is 384 g/mol. The maximum absolute atomic E-state index is 12.2. The highest BCUT2D eigenvalue weighted by molar-refractivity contribution is 8.00. The Morgan fingerprint density at radius 2 is 2.16 bits per heavy atom. The summed E-state index contributed by atoms with van der Waals surface area (Å²) in [6.07, 6.45) is 1.49. The molecule has 2 aromatic rings. The van der Waals surface area contributed by atoms with Crippen molar-refractivity contribution in [3.8, 4) is 0 Å². The first kappa shape index (κ1) is 19.2. The molecule has 2 heterocycles. The molecule has 8 nitrogen and oxygen atoms in total. The number of thioether (sulfide) groups is 1. The Balaban J connectivity index is 1.96. The van der Waals surface area contributed by atoms with Crippen LogP contribution in [0, 0.1) is 0 Å². The topological polar surface area (TPSA) is 99.0 Å². The summed E-state index contributed by atoms with van der Waals surface area (Å²) in [5.41, 5.74) is 0. The Morgan fingerprint density at radius 3 is 2.80 bits per heavy atom. The largest absolute Gasteiger partial charge is 0.466 e. The van der Waals surface area contributed by atoms with E-state index in [1.807, 2.05) is 0 Å². The van der Waals surface area contributed by atoms with E-state index >= 15 is 0 Å². The zero-order valence-electron chi connectivity index (χ0n) is 14.0. The SMILES string of the molecule is CCOC(=O)Cc1nnc(S[C@H](C)C(=O)Nc2ccc(Cl)cn2)n1C. The number of carbonyl (C=O) groups is 2. The second-order valence-corrected chi connectivity index (χ2v) is 6.79. The monoisotopic (exact) mass is 383 g/mol. The number of aromatic nitrogens is 4. The smallest absolute Gasteiger partial charge is 0.313 e. The van der Waals surface area contributed by atoms with Gasteiger partial charge in [0.2, 0.25) is 5.91 Å². The molecule has 2 rings (SSSR count). The van der Waals surface area contributed by atoms with Gasteiger partial charge >= 0.3 is 5.97 Å². The van der Waals surface area contributed by atoms with Gasteiger partial charge < -0.3 is 14.6 Å².